The smallest absolute Gasteiger partial charge is 0.410 e. The number of hydrogen-bond donors (Lipinski definition) is 2. The normalized spacial score (nSPS) is 15.4. The zero-order valence-electron chi connectivity index (χ0n) is 20.3. The van der Waals surface area contributed by atoms with Crippen molar-refractivity contribution in [2.45, 2.75) is 64.6 Å². The first kappa shape index (κ1) is 25.1. The number of amides is 2. The van der Waals surface area contributed by atoms with Gasteiger partial charge in [0.25, 0.3) is 5.91 Å². The zero-order chi connectivity index (χ0) is 24.1. The number of rotatable bonds is 7. The summed E-state index contributed by atoms with van der Waals surface area (Å²) in [4.78, 5) is 34.3. The molecule has 0 spiro atoms. The van der Waals surface area contributed by atoms with Crippen LogP contribution >= 0.6 is 11.8 Å². The summed E-state index contributed by atoms with van der Waals surface area (Å²) >= 11 is 1.72. The predicted molar refractivity (Wildman–Crippen MR) is 132 cm³/mol. The highest BCUT2D eigenvalue weighted by molar-refractivity contribution is 7.99. The molecule has 2 heterocycles. The third kappa shape index (κ3) is 8.11. The molecule has 180 valence electrons. The first-order valence-corrected chi connectivity index (χ1v) is 12.5. The van der Waals surface area contributed by atoms with Crippen molar-refractivity contribution in [2.75, 3.05) is 18.8 Å². The van der Waals surface area contributed by atoms with Crippen LogP contribution in [0.5, 0.6) is 5.75 Å². The molecule has 0 unspecified atom stereocenters. The highest BCUT2D eigenvalue weighted by Gasteiger charge is 2.28. The van der Waals surface area contributed by atoms with Crippen molar-refractivity contribution in [1.29, 1.82) is 0 Å². The lowest BCUT2D eigenvalue weighted by Crippen LogP contribution is -2.45. The van der Waals surface area contributed by atoms with Crippen molar-refractivity contribution in [1.82, 2.24) is 20.2 Å². The van der Waals surface area contributed by atoms with Gasteiger partial charge in [-0.3, -0.25) is 4.79 Å². The second-order valence-electron chi connectivity index (χ2n) is 10.6. The van der Waals surface area contributed by atoms with Gasteiger partial charge in [0.05, 0.1) is 0 Å². The molecule has 2 N–H and O–H groups in total. The number of nitrogens with one attached hydrogen (secondary N) is 2. The first-order chi connectivity index (χ1) is 15.5. The van der Waals surface area contributed by atoms with E-state index in [9.17, 15) is 9.59 Å². The molecule has 1 aliphatic heterocycles. The summed E-state index contributed by atoms with van der Waals surface area (Å²) in [6.45, 7) is 11.9. The van der Waals surface area contributed by atoms with Gasteiger partial charge < -0.3 is 19.9 Å². The molecule has 1 saturated heterocycles. The number of ether oxygens (including phenoxy) is 1. The van der Waals surface area contributed by atoms with Crippen LogP contribution in [0, 0.1) is 11.3 Å². The van der Waals surface area contributed by atoms with Crippen molar-refractivity contribution in [3.63, 3.8) is 0 Å². The Morgan fingerprint density at radius 3 is 2.39 bits per heavy atom. The minimum atomic E-state index is -0.337. The highest BCUT2D eigenvalue weighted by atomic mass is 32.2. The number of carbonyl (C=O) groups excluding carboxylic acids is 2. The number of H-pyrrole nitrogens is 1. The molecule has 3 rings (SSSR count). The van der Waals surface area contributed by atoms with Gasteiger partial charge in [-0.2, -0.15) is 0 Å². The molecule has 33 heavy (non-hydrogen) atoms. The SMILES string of the molecule is CC(C)(C)CC(C)(C)NC(=O)c1ccc(OC(=O)N2CCC(CSc3ncc[nH]3)CC2)cc1. The summed E-state index contributed by atoms with van der Waals surface area (Å²) in [5, 5.41) is 4.04. The molecule has 1 aromatic heterocycles. The van der Waals surface area contributed by atoms with Crippen LogP contribution in [0.15, 0.2) is 41.8 Å². The average molecular weight is 473 g/mol. The van der Waals surface area contributed by atoms with Gasteiger partial charge in [-0.05, 0) is 68.7 Å². The van der Waals surface area contributed by atoms with E-state index in [1.165, 1.54) is 0 Å². The fourth-order valence-electron chi connectivity index (χ4n) is 4.40. The van der Waals surface area contributed by atoms with Gasteiger partial charge in [0, 0.05) is 42.3 Å². The largest absolute Gasteiger partial charge is 0.415 e. The van der Waals surface area contributed by atoms with Crippen molar-refractivity contribution in [3.8, 4) is 5.75 Å². The maximum Gasteiger partial charge on any atom is 0.415 e. The molecule has 1 aromatic carbocycles. The monoisotopic (exact) mass is 472 g/mol. The molecule has 2 amide bonds. The molecule has 7 nitrogen and oxygen atoms in total. The van der Waals surface area contributed by atoms with E-state index in [-0.39, 0.29) is 23.0 Å². The number of aromatic amines is 1. The summed E-state index contributed by atoms with van der Waals surface area (Å²) in [5.74, 6) is 1.87. The van der Waals surface area contributed by atoms with Crippen molar-refractivity contribution >= 4 is 23.8 Å². The Hall–Kier alpha value is -2.48. The van der Waals surface area contributed by atoms with Crippen LogP contribution in [0.25, 0.3) is 0 Å². The number of nitrogens with zero attached hydrogens (tertiary/aromatic N) is 2. The Kier molecular flexibility index (Phi) is 8.10. The van der Waals surface area contributed by atoms with Crippen LogP contribution in [0.1, 0.15) is 64.2 Å². The van der Waals surface area contributed by atoms with E-state index in [0.717, 1.165) is 30.2 Å². The topological polar surface area (TPSA) is 87.3 Å². The molecule has 0 saturated carbocycles. The fraction of sp³-hybridized carbons (Fsp3) is 0.560. The lowest BCUT2D eigenvalue weighted by atomic mass is 9.81. The summed E-state index contributed by atoms with van der Waals surface area (Å²) in [5.41, 5.74) is 0.344. The number of likely N-dealkylation sites (tertiary alicyclic amines) is 1. The second kappa shape index (κ2) is 10.6. The first-order valence-electron chi connectivity index (χ1n) is 11.5. The third-order valence-electron chi connectivity index (χ3n) is 5.55. The van der Waals surface area contributed by atoms with Crippen LogP contribution in [-0.4, -0.2) is 51.2 Å². The van der Waals surface area contributed by atoms with Crippen molar-refractivity contribution in [2.24, 2.45) is 11.3 Å². The Morgan fingerprint density at radius 2 is 1.82 bits per heavy atom. The Labute approximate surface area is 201 Å². The van der Waals surface area contributed by atoms with E-state index < -0.39 is 0 Å². The predicted octanol–water partition coefficient (Wildman–Crippen LogP) is 5.36. The Morgan fingerprint density at radius 1 is 1.15 bits per heavy atom. The van der Waals surface area contributed by atoms with Crippen LogP contribution in [-0.2, 0) is 0 Å². The van der Waals surface area contributed by atoms with Crippen LogP contribution in [0.2, 0.25) is 0 Å². The van der Waals surface area contributed by atoms with Crippen LogP contribution in [0.4, 0.5) is 4.79 Å². The van der Waals surface area contributed by atoms with Gasteiger partial charge in [0.15, 0.2) is 5.16 Å². The van der Waals surface area contributed by atoms with E-state index in [0.29, 0.717) is 30.3 Å². The van der Waals surface area contributed by atoms with Gasteiger partial charge in [0.2, 0.25) is 0 Å². The molecule has 0 aliphatic carbocycles. The van der Waals surface area contributed by atoms with E-state index in [4.69, 9.17) is 4.74 Å². The Bertz CT molecular complexity index is 912. The Balaban J connectivity index is 1.45. The average Bonchev–Trinajstić information content (AvgIpc) is 3.24. The number of imidazole rings is 1. The minimum Gasteiger partial charge on any atom is -0.410 e. The third-order valence-corrected chi connectivity index (χ3v) is 6.68. The van der Waals surface area contributed by atoms with Gasteiger partial charge in [-0.15, -0.1) is 0 Å². The quantitative estimate of drug-likeness (QED) is 0.530. The number of hydrogen-bond acceptors (Lipinski definition) is 5. The summed E-state index contributed by atoms with van der Waals surface area (Å²) < 4.78 is 5.54. The number of benzene rings is 1. The van der Waals surface area contributed by atoms with Gasteiger partial charge in [-0.25, -0.2) is 9.78 Å². The van der Waals surface area contributed by atoms with E-state index in [1.807, 2.05) is 20.0 Å². The van der Waals surface area contributed by atoms with Crippen molar-refractivity contribution < 1.29 is 14.3 Å². The van der Waals surface area contributed by atoms with E-state index >= 15 is 0 Å². The maximum absolute atomic E-state index is 12.7. The lowest BCUT2D eigenvalue weighted by molar-refractivity contribution is 0.0891. The van der Waals surface area contributed by atoms with E-state index in [1.54, 1.807) is 47.1 Å². The van der Waals surface area contributed by atoms with Crippen molar-refractivity contribution in [3.05, 3.63) is 42.2 Å². The molecule has 8 heteroatoms. The summed E-state index contributed by atoms with van der Waals surface area (Å²) in [6, 6.07) is 6.75. The fourth-order valence-corrected chi connectivity index (χ4v) is 5.41. The maximum atomic E-state index is 12.7. The van der Waals surface area contributed by atoms with Gasteiger partial charge >= 0.3 is 6.09 Å². The number of aromatic nitrogens is 2. The zero-order valence-corrected chi connectivity index (χ0v) is 21.1. The standard InChI is InChI=1S/C25H36N4O3S/c1-24(2,3)17-25(4,5)28-21(30)19-6-8-20(9-7-19)32-23(31)29-14-10-18(11-15-29)16-33-22-26-12-13-27-22/h6-9,12-13,18H,10-11,14-17H2,1-5H3,(H,26,27)(H,28,30). The van der Waals surface area contributed by atoms with E-state index in [2.05, 4.69) is 36.1 Å². The molecule has 0 bridgehead atoms. The van der Waals surface area contributed by atoms with Gasteiger partial charge in [0.1, 0.15) is 5.75 Å². The lowest BCUT2D eigenvalue weighted by Gasteiger charge is -2.33. The molecular formula is C25H36N4O3S. The number of thioether (sulfide) groups is 1. The summed E-state index contributed by atoms with van der Waals surface area (Å²) in [6.07, 6.45) is 6.01. The molecule has 1 fully saturated rings. The second-order valence-corrected chi connectivity index (χ2v) is 11.6. The van der Waals surface area contributed by atoms with Crippen LogP contribution < -0.4 is 10.1 Å². The molecule has 1 aliphatic rings. The highest BCUT2D eigenvalue weighted by Crippen LogP contribution is 2.28. The number of carbonyl (C=O) groups is 2. The molecule has 0 radical (unpaired) electrons. The summed E-state index contributed by atoms with van der Waals surface area (Å²) in [7, 11) is 0. The van der Waals surface area contributed by atoms with Gasteiger partial charge in [-0.1, -0.05) is 32.5 Å². The minimum absolute atomic E-state index is 0.113. The molecule has 0 atom stereocenters. The molecule has 2 aromatic rings. The molecular weight excluding hydrogens is 436 g/mol. The number of piperidine rings is 1. The van der Waals surface area contributed by atoms with Crippen LogP contribution in [0.3, 0.4) is 0 Å².